The lowest BCUT2D eigenvalue weighted by Gasteiger charge is -2.06. The summed E-state index contributed by atoms with van der Waals surface area (Å²) in [6.07, 6.45) is 0. The largest absolute Gasteiger partial charge is 0.436 e. The van der Waals surface area contributed by atoms with E-state index in [-0.39, 0.29) is 11.6 Å². The lowest BCUT2D eigenvalue weighted by molar-refractivity contribution is 0.428. The van der Waals surface area contributed by atoms with Crippen LogP contribution in [0, 0.1) is 5.82 Å². The van der Waals surface area contributed by atoms with Gasteiger partial charge in [-0.2, -0.15) is 4.98 Å². The maximum absolute atomic E-state index is 13.4. The van der Waals surface area contributed by atoms with Crippen molar-refractivity contribution >= 4 is 21.7 Å². The van der Waals surface area contributed by atoms with Crippen molar-refractivity contribution in [2.75, 3.05) is 5.73 Å². The van der Waals surface area contributed by atoms with Gasteiger partial charge in [-0.25, -0.2) is 4.39 Å². The molecule has 16 heavy (non-hydrogen) atoms. The Labute approximate surface area is 100 Å². The van der Waals surface area contributed by atoms with E-state index in [1.54, 1.807) is 24.3 Å². The van der Waals surface area contributed by atoms with Crippen LogP contribution in [0.1, 0.15) is 0 Å². The van der Waals surface area contributed by atoms with Gasteiger partial charge in [-0.05, 0) is 24.3 Å². The summed E-state index contributed by atoms with van der Waals surface area (Å²) in [5.41, 5.74) is 5.49. The summed E-state index contributed by atoms with van der Waals surface area (Å²) in [7, 11) is 0. The van der Waals surface area contributed by atoms with Gasteiger partial charge in [0.25, 0.3) is 0 Å². The number of anilines is 1. The summed E-state index contributed by atoms with van der Waals surface area (Å²) in [5, 5.41) is 0. The number of hydrogen-bond acceptors (Lipinski definition) is 3. The lowest BCUT2D eigenvalue weighted by atomic mass is 10.3. The van der Waals surface area contributed by atoms with Crippen molar-refractivity contribution in [3.05, 3.63) is 46.7 Å². The first-order chi connectivity index (χ1) is 7.65. The summed E-state index contributed by atoms with van der Waals surface area (Å²) in [5.74, 6) is 0.241. The number of aromatic nitrogens is 1. The van der Waals surface area contributed by atoms with Crippen molar-refractivity contribution in [2.24, 2.45) is 0 Å². The molecule has 1 aromatic heterocycles. The van der Waals surface area contributed by atoms with Crippen LogP contribution in [-0.4, -0.2) is 4.98 Å². The molecule has 0 fully saturated rings. The zero-order valence-electron chi connectivity index (χ0n) is 8.15. The van der Waals surface area contributed by atoms with E-state index < -0.39 is 5.82 Å². The number of nitrogen functional groups attached to an aromatic ring is 1. The second-order valence-electron chi connectivity index (χ2n) is 3.08. The third-order valence-corrected chi connectivity index (χ3v) is 2.35. The number of hydrogen-bond donors (Lipinski definition) is 1. The SMILES string of the molecule is Nc1cccc(Oc2cc(Br)ccc2F)n1. The van der Waals surface area contributed by atoms with Gasteiger partial charge in [-0.3, -0.25) is 0 Å². The van der Waals surface area contributed by atoms with Crippen LogP contribution in [0.5, 0.6) is 11.6 Å². The number of pyridine rings is 1. The molecule has 0 radical (unpaired) electrons. The molecule has 5 heteroatoms. The Balaban J connectivity index is 2.30. The van der Waals surface area contributed by atoms with Gasteiger partial charge in [0.05, 0.1) is 0 Å². The predicted octanol–water partition coefficient (Wildman–Crippen LogP) is 3.36. The molecule has 82 valence electrons. The fourth-order valence-electron chi connectivity index (χ4n) is 1.16. The molecule has 1 aromatic carbocycles. The number of benzene rings is 1. The van der Waals surface area contributed by atoms with Crippen LogP contribution in [-0.2, 0) is 0 Å². The molecule has 1 heterocycles. The Morgan fingerprint density at radius 2 is 2.06 bits per heavy atom. The molecule has 0 saturated heterocycles. The third kappa shape index (κ3) is 2.49. The summed E-state index contributed by atoms with van der Waals surface area (Å²) < 4.78 is 19.4. The lowest BCUT2D eigenvalue weighted by Crippen LogP contribution is -1.94. The number of nitrogens with zero attached hydrogens (tertiary/aromatic N) is 1. The van der Waals surface area contributed by atoms with Gasteiger partial charge in [0.15, 0.2) is 11.6 Å². The Hall–Kier alpha value is -1.62. The second kappa shape index (κ2) is 4.49. The van der Waals surface area contributed by atoms with Crippen LogP contribution in [0.2, 0.25) is 0 Å². The molecular formula is C11H8BrFN2O. The van der Waals surface area contributed by atoms with E-state index in [1.807, 2.05) is 0 Å². The van der Waals surface area contributed by atoms with Gasteiger partial charge in [-0.1, -0.05) is 22.0 Å². The standard InChI is InChI=1S/C11H8BrFN2O/c12-7-4-5-8(13)9(6-7)16-11-3-1-2-10(14)15-11/h1-6H,(H2,14,15). The zero-order chi connectivity index (χ0) is 11.5. The molecule has 0 unspecified atom stereocenters. The van der Waals surface area contributed by atoms with Gasteiger partial charge in [0.1, 0.15) is 5.82 Å². The Bertz CT molecular complexity index is 519. The van der Waals surface area contributed by atoms with Gasteiger partial charge in [0, 0.05) is 10.5 Å². The van der Waals surface area contributed by atoms with Crippen molar-refractivity contribution in [1.29, 1.82) is 0 Å². The van der Waals surface area contributed by atoms with Crippen molar-refractivity contribution in [1.82, 2.24) is 4.98 Å². The van der Waals surface area contributed by atoms with E-state index >= 15 is 0 Å². The van der Waals surface area contributed by atoms with E-state index in [2.05, 4.69) is 20.9 Å². The van der Waals surface area contributed by atoms with Crippen molar-refractivity contribution in [3.8, 4) is 11.6 Å². The maximum Gasteiger partial charge on any atom is 0.221 e. The highest BCUT2D eigenvalue weighted by atomic mass is 79.9. The van der Waals surface area contributed by atoms with Crippen LogP contribution in [0.15, 0.2) is 40.9 Å². The van der Waals surface area contributed by atoms with E-state index in [4.69, 9.17) is 10.5 Å². The minimum atomic E-state index is -0.451. The maximum atomic E-state index is 13.4. The minimum Gasteiger partial charge on any atom is -0.436 e. The molecule has 2 N–H and O–H groups in total. The quantitative estimate of drug-likeness (QED) is 0.919. The molecule has 2 aromatic rings. The monoisotopic (exact) mass is 282 g/mol. The summed E-state index contributed by atoms with van der Waals surface area (Å²) in [6, 6.07) is 9.36. The average molecular weight is 283 g/mol. The number of ether oxygens (including phenoxy) is 1. The number of rotatable bonds is 2. The molecule has 2 rings (SSSR count). The highest BCUT2D eigenvalue weighted by molar-refractivity contribution is 9.10. The Morgan fingerprint density at radius 1 is 1.25 bits per heavy atom. The number of halogens is 2. The van der Waals surface area contributed by atoms with E-state index in [0.717, 1.165) is 4.47 Å². The van der Waals surface area contributed by atoms with Crippen LogP contribution in [0.4, 0.5) is 10.2 Å². The number of nitrogens with two attached hydrogens (primary N) is 1. The van der Waals surface area contributed by atoms with Crippen molar-refractivity contribution in [3.63, 3.8) is 0 Å². The normalized spacial score (nSPS) is 10.1. The Kier molecular flexibility index (Phi) is 3.05. The van der Waals surface area contributed by atoms with Gasteiger partial charge in [0.2, 0.25) is 5.88 Å². The molecule has 0 saturated carbocycles. The molecular weight excluding hydrogens is 275 g/mol. The molecule has 0 spiro atoms. The van der Waals surface area contributed by atoms with E-state index in [9.17, 15) is 4.39 Å². The molecule has 0 bridgehead atoms. The Morgan fingerprint density at radius 3 is 2.81 bits per heavy atom. The van der Waals surface area contributed by atoms with Crippen LogP contribution >= 0.6 is 15.9 Å². The zero-order valence-corrected chi connectivity index (χ0v) is 9.74. The van der Waals surface area contributed by atoms with Crippen LogP contribution in [0.3, 0.4) is 0 Å². The van der Waals surface area contributed by atoms with E-state index in [1.165, 1.54) is 12.1 Å². The molecule has 0 amide bonds. The highest BCUT2D eigenvalue weighted by Gasteiger charge is 2.06. The molecule has 0 atom stereocenters. The fraction of sp³-hybridized carbons (Fsp3) is 0. The van der Waals surface area contributed by atoms with Gasteiger partial charge in [-0.15, -0.1) is 0 Å². The van der Waals surface area contributed by atoms with Crippen LogP contribution in [0.25, 0.3) is 0 Å². The van der Waals surface area contributed by atoms with Crippen LogP contribution < -0.4 is 10.5 Å². The first-order valence-corrected chi connectivity index (χ1v) is 5.30. The second-order valence-corrected chi connectivity index (χ2v) is 3.99. The summed E-state index contributed by atoms with van der Waals surface area (Å²) >= 11 is 3.23. The minimum absolute atomic E-state index is 0.104. The first kappa shape index (κ1) is 10.9. The topological polar surface area (TPSA) is 48.1 Å². The summed E-state index contributed by atoms with van der Waals surface area (Å²) in [4.78, 5) is 3.91. The summed E-state index contributed by atoms with van der Waals surface area (Å²) in [6.45, 7) is 0. The molecule has 0 aliphatic carbocycles. The smallest absolute Gasteiger partial charge is 0.221 e. The van der Waals surface area contributed by atoms with Crippen molar-refractivity contribution < 1.29 is 9.13 Å². The molecule has 0 aliphatic heterocycles. The fourth-order valence-corrected chi connectivity index (χ4v) is 1.50. The van der Waals surface area contributed by atoms with Gasteiger partial charge >= 0.3 is 0 Å². The predicted molar refractivity (Wildman–Crippen MR) is 62.8 cm³/mol. The van der Waals surface area contributed by atoms with Gasteiger partial charge < -0.3 is 10.5 Å². The first-order valence-electron chi connectivity index (χ1n) is 4.50. The third-order valence-electron chi connectivity index (χ3n) is 1.85. The molecule has 0 aliphatic rings. The average Bonchev–Trinajstić information content (AvgIpc) is 2.24. The highest BCUT2D eigenvalue weighted by Crippen LogP contribution is 2.26. The van der Waals surface area contributed by atoms with Crippen molar-refractivity contribution in [2.45, 2.75) is 0 Å². The van der Waals surface area contributed by atoms with E-state index in [0.29, 0.717) is 5.82 Å². The molecule has 3 nitrogen and oxygen atoms in total.